The zero-order valence-electron chi connectivity index (χ0n) is 5.85. The molecular weight excluding hydrogens is 211 g/mol. The molecule has 0 atom stereocenters. The molecule has 0 aliphatic carbocycles. The second-order valence-electron chi connectivity index (χ2n) is 1.50. The number of Topliss-reactive ketones (excluding diaryl/α,β-unsaturated/α-hetero) is 1. The fourth-order valence-corrected chi connectivity index (χ4v) is 0.347. The second-order valence-corrected chi connectivity index (χ2v) is 1.50. The number of rotatable bonds is 5. The topological polar surface area (TPSA) is 43.4 Å². The first-order valence-electron chi connectivity index (χ1n) is 2.75. The van der Waals surface area contributed by atoms with Crippen molar-refractivity contribution in [3.8, 4) is 0 Å². The number of carbonyl (C=O) groups excluding carboxylic acids is 2. The van der Waals surface area contributed by atoms with E-state index in [-0.39, 0.29) is 45.0 Å². The van der Waals surface area contributed by atoms with Crippen LogP contribution in [0.2, 0.25) is 0 Å². The van der Waals surface area contributed by atoms with E-state index in [4.69, 9.17) is 4.74 Å². The van der Waals surface area contributed by atoms with Gasteiger partial charge in [0.2, 0.25) is 0 Å². The maximum Gasteiger partial charge on any atom is 0.132 e. The van der Waals surface area contributed by atoms with Crippen molar-refractivity contribution in [3.05, 3.63) is 0 Å². The van der Waals surface area contributed by atoms with Gasteiger partial charge in [-0.05, 0) is 6.92 Å². The maximum atomic E-state index is 10.4. The van der Waals surface area contributed by atoms with Crippen molar-refractivity contribution >= 4 is 12.1 Å². The largest absolute Gasteiger partial charge is 0.541 e. The predicted molar refractivity (Wildman–Crippen MR) is 31.8 cm³/mol. The Labute approximate surface area is 79.2 Å². The van der Waals surface area contributed by atoms with Gasteiger partial charge in [-0.25, -0.2) is 0 Å². The Balaban J connectivity index is 0. The first kappa shape index (κ1) is 12.8. The summed E-state index contributed by atoms with van der Waals surface area (Å²) in [6.45, 7) is 2.33. The molecule has 0 aromatic rings. The van der Waals surface area contributed by atoms with E-state index in [0.29, 0.717) is 6.61 Å². The van der Waals surface area contributed by atoms with Crippen LogP contribution in [-0.2, 0) is 40.5 Å². The van der Waals surface area contributed by atoms with E-state index >= 15 is 0 Å². The normalized spacial score (nSPS) is 8.10. The van der Waals surface area contributed by atoms with Crippen LogP contribution in [0.4, 0.5) is 0 Å². The smallest absolute Gasteiger partial charge is 0.132 e. The molecule has 56 valence electrons. The molecule has 0 rings (SSSR count). The first-order valence-corrected chi connectivity index (χ1v) is 2.75. The van der Waals surface area contributed by atoms with Gasteiger partial charge >= 0.3 is 0 Å². The summed E-state index contributed by atoms with van der Waals surface area (Å²) in [6, 6.07) is 0. The molecule has 0 aromatic heterocycles. The molecule has 0 spiro atoms. The van der Waals surface area contributed by atoms with Crippen molar-refractivity contribution < 1.29 is 40.5 Å². The number of hydrogen-bond acceptors (Lipinski definition) is 3. The summed E-state index contributed by atoms with van der Waals surface area (Å²) in [4.78, 5) is 20.0. The molecule has 0 amide bonds. The van der Waals surface area contributed by atoms with Gasteiger partial charge in [0.25, 0.3) is 0 Å². The summed E-state index contributed by atoms with van der Waals surface area (Å²) < 4.78 is 4.72. The van der Waals surface area contributed by atoms with E-state index in [2.05, 4.69) is 0 Å². The van der Waals surface area contributed by atoms with Crippen LogP contribution in [0.3, 0.4) is 0 Å². The summed E-state index contributed by atoms with van der Waals surface area (Å²) in [5.74, 6) is -0.216. The van der Waals surface area contributed by atoms with Gasteiger partial charge in [-0.2, -0.15) is 0 Å². The number of carbonyl (C=O) groups is 1. The third-order valence-corrected chi connectivity index (χ3v) is 0.737. The summed E-state index contributed by atoms with van der Waals surface area (Å²) >= 11 is 0. The molecule has 0 unspecified atom stereocenters. The minimum atomic E-state index is -0.216. The van der Waals surface area contributed by atoms with Crippen molar-refractivity contribution in [1.82, 2.24) is 0 Å². The summed E-state index contributed by atoms with van der Waals surface area (Å²) in [5.41, 5.74) is 0. The van der Waals surface area contributed by atoms with Crippen LogP contribution in [0.15, 0.2) is 0 Å². The molecule has 0 radical (unpaired) electrons. The number of hydrogen-bond donors (Lipinski definition) is 0. The molecule has 0 aliphatic rings. The van der Waals surface area contributed by atoms with Gasteiger partial charge in [-0.1, -0.05) is 6.42 Å². The average Bonchev–Trinajstić information content (AvgIpc) is 1.85. The monoisotopic (exact) mass is 219 g/mol. The van der Waals surface area contributed by atoms with Crippen LogP contribution in [0, 0.1) is 0 Å². The van der Waals surface area contributed by atoms with Crippen LogP contribution in [0.1, 0.15) is 13.3 Å². The third-order valence-electron chi connectivity index (χ3n) is 0.737. The van der Waals surface area contributed by atoms with Gasteiger partial charge in [0.05, 0.1) is 0 Å². The average molecular weight is 220 g/mol. The summed E-state index contributed by atoms with van der Waals surface area (Å²) in [6.07, 6.45) is 1.34. The minimum Gasteiger partial charge on any atom is -0.541 e. The van der Waals surface area contributed by atoms with Gasteiger partial charge in [0.15, 0.2) is 0 Å². The van der Waals surface area contributed by atoms with E-state index in [0.717, 1.165) is 0 Å². The van der Waals surface area contributed by atoms with Crippen LogP contribution in [0.25, 0.3) is 0 Å². The van der Waals surface area contributed by atoms with Crippen molar-refractivity contribution in [2.24, 2.45) is 0 Å². The van der Waals surface area contributed by atoms with Crippen molar-refractivity contribution in [3.63, 3.8) is 0 Å². The summed E-state index contributed by atoms with van der Waals surface area (Å²) in [7, 11) is 0. The standard InChI is InChI=1S/C6H9O3.Zr/c1-2-9-5-6(8)3-4-7;/h2-3,5H2,1H3;/q-1;. The molecule has 0 aromatic carbocycles. The SMILES string of the molecule is CCOCC(=O)C[C-]=O.[Zr]. The molecular formula is C6H9O3Zr-. The maximum absolute atomic E-state index is 10.4. The molecule has 10 heavy (non-hydrogen) atoms. The van der Waals surface area contributed by atoms with Gasteiger partial charge in [-0.3, -0.25) is 11.1 Å². The molecule has 0 saturated heterocycles. The molecule has 0 heterocycles. The Morgan fingerprint density at radius 1 is 1.60 bits per heavy atom. The number of ketones is 1. The predicted octanol–water partition coefficient (Wildman–Crippen LogP) is 0.0893. The molecule has 0 bridgehead atoms. The van der Waals surface area contributed by atoms with Gasteiger partial charge in [-0.15, -0.1) is 0 Å². The molecule has 0 saturated carbocycles. The van der Waals surface area contributed by atoms with E-state index in [1.165, 1.54) is 6.29 Å². The van der Waals surface area contributed by atoms with Crippen molar-refractivity contribution in [2.45, 2.75) is 13.3 Å². The van der Waals surface area contributed by atoms with Gasteiger partial charge < -0.3 is 9.53 Å². The zero-order valence-corrected chi connectivity index (χ0v) is 8.30. The Morgan fingerprint density at radius 3 is 2.60 bits per heavy atom. The van der Waals surface area contributed by atoms with Gasteiger partial charge in [0.1, 0.15) is 12.4 Å². The fourth-order valence-electron chi connectivity index (χ4n) is 0.347. The van der Waals surface area contributed by atoms with Crippen LogP contribution >= 0.6 is 0 Å². The van der Waals surface area contributed by atoms with Gasteiger partial charge in [0, 0.05) is 32.8 Å². The van der Waals surface area contributed by atoms with Crippen LogP contribution in [0.5, 0.6) is 0 Å². The minimum absolute atomic E-state index is 0. The van der Waals surface area contributed by atoms with E-state index < -0.39 is 0 Å². The number of ether oxygens (including phenoxy) is 1. The summed E-state index contributed by atoms with van der Waals surface area (Å²) in [5, 5.41) is 0. The Morgan fingerprint density at radius 2 is 2.20 bits per heavy atom. The third kappa shape index (κ3) is 8.18. The Kier molecular flexibility index (Phi) is 11.8. The zero-order chi connectivity index (χ0) is 7.11. The van der Waals surface area contributed by atoms with E-state index in [1.807, 2.05) is 0 Å². The van der Waals surface area contributed by atoms with Crippen LogP contribution in [-0.4, -0.2) is 25.3 Å². The van der Waals surface area contributed by atoms with E-state index in [1.54, 1.807) is 6.92 Å². The molecule has 3 nitrogen and oxygen atoms in total. The fraction of sp³-hybridized carbons (Fsp3) is 0.667. The molecule has 0 aliphatic heterocycles. The quantitative estimate of drug-likeness (QED) is 0.487. The second kappa shape index (κ2) is 9.18. The Hall–Kier alpha value is 0.183. The van der Waals surface area contributed by atoms with E-state index in [9.17, 15) is 9.59 Å². The molecule has 0 fully saturated rings. The molecule has 4 heteroatoms. The van der Waals surface area contributed by atoms with Crippen molar-refractivity contribution in [1.29, 1.82) is 0 Å². The Bertz CT molecular complexity index is 103. The first-order chi connectivity index (χ1) is 4.31. The van der Waals surface area contributed by atoms with Crippen LogP contribution < -0.4 is 0 Å². The van der Waals surface area contributed by atoms with Crippen molar-refractivity contribution in [2.75, 3.05) is 13.2 Å². The molecule has 0 N–H and O–H groups in total.